The summed E-state index contributed by atoms with van der Waals surface area (Å²) in [7, 11) is -3.07. The molecule has 0 unspecified atom stereocenters. The fraction of sp³-hybridized carbons (Fsp3) is 0.286. The summed E-state index contributed by atoms with van der Waals surface area (Å²) in [5.41, 5.74) is 4.82. The average molecular weight is 415 g/mol. The van der Waals surface area contributed by atoms with Crippen LogP contribution >= 0.6 is 0 Å². The summed E-state index contributed by atoms with van der Waals surface area (Å²) in [4.78, 5) is 30.5. The number of hydrogen-bond donors (Lipinski definition) is 5. The van der Waals surface area contributed by atoms with Crippen molar-refractivity contribution in [1.82, 2.24) is 20.1 Å². The number of carboxylic acid groups (broad SMARTS) is 1. The summed E-state index contributed by atoms with van der Waals surface area (Å²) in [6.45, 7) is -0.836. The summed E-state index contributed by atoms with van der Waals surface area (Å²) in [6, 6.07) is -0.127. The van der Waals surface area contributed by atoms with Gasteiger partial charge in [-0.15, -0.1) is 0 Å². The standard InChI is InChI=1S/C14H15F2N5O6Si/c15-6-1-2-8(16)7(3-6)12-18-13(27-19-12)9(4-11(17)23)20-28(26)21-10(5-22)14(24)25/h1-3,9-10,20-22H,4-5H2,(H2,17,23)(H,24,25)/t9-,10-/m0/s1. The molecule has 1 aromatic carbocycles. The fourth-order valence-electron chi connectivity index (χ4n) is 2.10. The smallest absolute Gasteiger partial charge is 0.480 e. The van der Waals surface area contributed by atoms with Crippen LogP contribution in [0.25, 0.3) is 11.4 Å². The third-order valence-corrected chi connectivity index (χ3v) is 4.63. The molecular weight excluding hydrogens is 400 g/mol. The van der Waals surface area contributed by atoms with E-state index < -0.39 is 57.6 Å². The lowest BCUT2D eigenvalue weighted by Crippen LogP contribution is -2.51. The monoisotopic (exact) mass is 415 g/mol. The number of aromatic nitrogens is 2. The first-order valence-electron chi connectivity index (χ1n) is 7.69. The van der Waals surface area contributed by atoms with Crippen molar-refractivity contribution in [2.24, 2.45) is 5.73 Å². The number of amides is 1. The quantitative estimate of drug-likeness (QED) is 0.301. The Morgan fingerprint density at radius 2 is 2.04 bits per heavy atom. The van der Waals surface area contributed by atoms with Crippen LogP contribution in [0.5, 0.6) is 0 Å². The molecule has 0 fully saturated rings. The Labute approximate surface area is 157 Å². The molecule has 1 heterocycles. The molecule has 1 amide bonds. The van der Waals surface area contributed by atoms with Crippen LogP contribution in [0.3, 0.4) is 0 Å². The number of nitrogens with zero attached hydrogens (tertiary/aromatic N) is 2. The lowest BCUT2D eigenvalue weighted by atomic mass is 10.2. The molecule has 14 heteroatoms. The van der Waals surface area contributed by atoms with Gasteiger partial charge in [0.2, 0.25) is 17.6 Å². The molecule has 1 aromatic heterocycles. The molecule has 0 aliphatic carbocycles. The summed E-state index contributed by atoms with van der Waals surface area (Å²) in [5, 5.41) is 21.3. The highest BCUT2D eigenvalue weighted by Gasteiger charge is 2.28. The Hall–Kier alpha value is -3.26. The van der Waals surface area contributed by atoms with Crippen LogP contribution in [-0.2, 0) is 14.1 Å². The molecule has 2 rings (SSSR count). The molecule has 0 bridgehead atoms. The molecule has 2 aromatic rings. The molecule has 6 N–H and O–H groups in total. The molecule has 0 radical (unpaired) electrons. The zero-order valence-electron chi connectivity index (χ0n) is 14.1. The van der Waals surface area contributed by atoms with Gasteiger partial charge >= 0.3 is 15.0 Å². The van der Waals surface area contributed by atoms with Gasteiger partial charge in [0, 0.05) is 0 Å². The Balaban J connectivity index is 2.23. The second-order valence-corrected chi connectivity index (χ2v) is 6.73. The van der Waals surface area contributed by atoms with Gasteiger partial charge in [0.15, 0.2) is 0 Å². The fourth-order valence-corrected chi connectivity index (χ4v) is 3.26. The first-order chi connectivity index (χ1) is 13.2. The number of nitrogens with one attached hydrogen (secondary N) is 2. The second kappa shape index (κ2) is 9.09. The zero-order valence-corrected chi connectivity index (χ0v) is 15.1. The van der Waals surface area contributed by atoms with Crippen LogP contribution in [0.4, 0.5) is 8.78 Å². The number of aliphatic hydroxyl groups is 1. The topological polar surface area (TPSA) is 181 Å². The van der Waals surface area contributed by atoms with E-state index in [9.17, 15) is 22.8 Å². The van der Waals surface area contributed by atoms with Crippen molar-refractivity contribution in [2.45, 2.75) is 18.5 Å². The van der Waals surface area contributed by atoms with Gasteiger partial charge in [-0.1, -0.05) is 5.16 Å². The van der Waals surface area contributed by atoms with Gasteiger partial charge in [0.1, 0.15) is 23.7 Å². The first kappa shape index (κ1) is 21.0. The second-order valence-electron chi connectivity index (χ2n) is 5.49. The van der Waals surface area contributed by atoms with E-state index in [1.54, 1.807) is 0 Å². The molecule has 0 saturated heterocycles. The summed E-state index contributed by atoms with van der Waals surface area (Å²) < 4.78 is 44.2. The van der Waals surface area contributed by atoms with Crippen LogP contribution in [0.15, 0.2) is 22.7 Å². The van der Waals surface area contributed by atoms with E-state index in [1.165, 1.54) is 0 Å². The normalized spacial score (nSPS) is 12.8. The summed E-state index contributed by atoms with van der Waals surface area (Å²) in [6.07, 6.45) is -0.470. The van der Waals surface area contributed by atoms with Crippen LogP contribution in [0.2, 0.25) is 0 Å². The highest BCUT2D eigenvalue weighted by Crippen LogP contribution is 2.23. The third kappa shape index (κ3) is 5.37. The Morgan fingerprint density at radius 3 is 2.64 bits per heavy atom. The molecule has 2 atom stereocenters. The summed E-state index contributed by atoms with van der Waals surface area (Å²) in [5.74, 6) is -4.50. The number of hydrogen-bond acceptors (Lipinski definition) is 7. The van der Waals surface area contributed by atoms with Gasteiger partial charge in [-0.3, -0.25) is 4.79 Å². The predicted octanol–water partition coefficient (Wildman–Crippen LogP) is -1.03. The minimum absolute atomic E-state index is 0.301. The van der Waals surface area contributed by atoms with Crippen LogP contribution in [0.1, 0.15) is 18.4 Å². The minimum atomic E-state index is -3.07. The molecule has 0 spiro atoms. The van der Waals surface area contributed by atoms with Crippen LogP contribution in [0, 0.1) is 11.6 Å². The predicted molar refractivity (Wildman–Crippen MR) is 87.4 cm³/mol. The van der Waals surface area contributed by atoms with Crippen molar-refractivity contribution in [3.05, 3.63) is 35.7 Å². The van der Waals surface area contributed by atoms with Gasteiger partial charge < -0.3 is 34.9 Å². The molecule has 0 aliphatic heterocycles. The summed E-state index contributed by atoms with van der Waals surface area (Å²) >= 11 is 0. The number of benzene rings is 1. The van der Waals surface area contributed by atoms with Crippen LogP contribution < -0.4 is 15.7 Å². The van der Waals surface area contributed by atoms with Crippen molar-refractivity contribution >= 4 is 20.9 Å². The van der Waals surface area contributed by atoms with Crippen molar-refractivity contribution in [3.8, 4) is 11.4 Å². The van der Waals surface area contributed by atoms with E-state index in [0.717, 1.165) is 18.2 Å². The highest BCUT2D eigenvalue weighted by atomic mass is 28.3. The number of nitrogens with two attached hydrogens (primary N) is 1. The van der Waals surface area contributed by atoms with E-state index in [1.807, 2.05) is 0 Å². The van der Waals surface area contributed by atoms with E-state index in [0.29, 0.717) is 0 Å². The number of aliphatic hydroxyl groups excluding tert-OH is 1. The Bertz CT molecular complexity index is 895. The molecular formula is C14H15F2N5O6Si. The largest absolute Gasteiger partial charge is 0.517 e. The van der Waals surface area contributed by atoms with Crippen molar-refractivity contribution in [3.63, 3.8) is 0 Å². The van der Waals surface area contributed by atoms with Crippen molar-refractivity contribution < 1.29 is 37.6 Å². The molecule has 150 valence electrons. The molecule has 11 nitrogen and oxygen atoms in total. The number of primary amides is 1. The van der Waals surface area contributed by atoms with Crippen molar-refractivity contribution in [1.29, 1.82) is 0 Å². The van der Waals surface area contributed by atoms with Gasteiger partial charge in [0.25, 0.3) is 0 Å². The number of carbonyl (C=O) groups excluding carboxylic acids is 1. The number of carboxylic acids is 1. The maximum Gasteiger partial charge on any atom is 0.517 e. The lowest BCUT2D eigenvalue weighted by Gasteiger charge is -2.16. The Kier molecular flexibility index (Phi) is 6.83. The molecule has 28 heavy (non-hydrogen) atoms. The third-order valence-electron chi connectivity index (χ3n) is 3.41. The maximum absolute atomic E-state index is 13.8. The number of halogens is 2. The first-order valence-corrected chi connectivity index (χ1v) is 9.10. The maximum atomic E-state index is 13.8. The average Bonchev–Trinajstić information content (AvgIpc) is 3.10. The molecule has 0 saturated carbocycles. The van der Waals surface area contributed by atoms with Gasteiger partial charge in [-0.25, -0.2) is 13.6 Å². The van der Waals surface area contributed by atoms with Gasteiger partial charge in [0.05, 0.1) is 18.6 Å². The highest BCUT2D eigenvalue weighted by molar-refractivity contribution is 6.37. The SMILES string of the molecule is NC(=O)C[C@H](N[Si](=O)N[C@@H](CO)C(=O)O)c1nc(-c2cc(F)ccc2F)no1. The van der Waals surface area contributed by atoms with Gasteiger partial charge in [-0.2, -0.15) is 4.98 Å². The van der Waals surface area contributed by atoms with E-state index in [2.05, 4.69) is 20.1 Å². The Morgan fingerprint density at radius 1 is 1.32 bits per heavy atom. The number of aliphatic carboxylic acids is 1. The zero-order chi connectivity index (χ0) is 20.8. The minimum Gasteiger partial charge on any atom is -0.480 e. The van der Waals surface area contributed by atoms with Crippen LogP contribution in [-0.4, -0.2) is 53.9 Å². The molecule has 0 aliphatic rings. The van der Waals surface area contributed by atoms with Gasteiger partial charge in [-0.05, 0) is 18.2 Å². The number of carbonyl (C=O) groups is 2. The van der Waals surface area contributed by atoms with E-state index >= 15 is 0 Å². The number of rotatable bonds is 10. The van der Waals surface area contributed by atoms with E-state index in [-0.39, 0.29) is 17.3 Å². The van der Waals surface area contributed by atoms with E-state index in [4.69, 9.17) is 20.5 Å². The van der Waals surface area contributed by atoms with Crippen molar-refractivity contribution in [2.75, 3.05) is 6.61 Å². The lowest BCUT2D eigenvalue weighted by molar-refractivity contribution is -0.140.